The Hall–Kier alpha value is -3.77. The lowest BCUT2D eigenvalue weighted by molar-refractivity contribution is -0.119. The summed E-state index contributed by atoms with van der Waals surface area (Å²) in [4.78, 5) is 31.9. The number of aromatic amines is 1. The number of halogens is 1. The van der Waals surface area contributed by atoms with Gasteiger partial charge in [-0.25, -0.2) is 0 Å². The minimum absolute atomic E-state index is 0.113. The molecule has 0 spiro atoms. The van der Waals surface area contributed by atoms with Crippen molar-refractivity contribution in [3.8, 4) is 5.75 Å². The summed E-state index contributed by atoms with van der Waals surface area (Å²) in [6.45, 7) is 0. The molecular formula is C26H22ClN3O3. The highest BCUT2D eigenvalue weighted by atomic mass is 35.5. The smallest absolute Gasteiger partial charge is 0.254 e. The summed E-state index contributed by atoms with van der Waals surface area (Å²) in [6, 6.07) is 19.8. The highest BCUT2D eigenvalue weighted by molar-refractivity contribution is 6.32. The molecule has 0 aliphatic carbocycles. The Balaban J connectivity index is 1.62. The fourth-order valence-corrected chi connectivity index (χ4v) is 4.91. The molecule has 33 heavy (non-hydrogen) atoms. The van der Waals surface area contributed by atoms with E-state index < -0.39 is 12.0 Å². The van der Waals surface area contributed by atoms with Crippen LogP contribution in [0.5, 0.6) is 5.75 Å². The van der Waals surface area contributed by atoms with E-state index >= 15 is 0 Å². The number of nitrogens with one attached hydrogen (secondary N) is 2. The van der Waals surface area contributed by atoms with Crippen LogP contribution in [0.1, 0.15) is 33.4 Å². The number of aromatic nitrogens is 1. The van der Waals surface area contributed by atoms with Crippen LogP contribution in [-0.4, -0.2) is 35.9 Å². The van der Waals surface area contributed by atoms with Gasteiger partial charge < -0.3 is 19.9 Å². The number of carbonyl (C=O) groups is 2. The number of hydrogen-bond donors (Lipinski definition) is 2. The molecule has 0 fully saturated rings. The second-order valence-electron chi connectivity index (χ2n) is 8.05. The van der Waals surface area contributed by atoms with E-state index in [1.165, 1.54) is 7.11 Å². The number of ether oxygens (including phenoxy) is 1. The number of amides is 2. The average molecular weight is 460 g/mol. The van der Waals surface area contributed by atoms with Gasteiger partial charge in [-0.15, -0.1) is 0 Å². The lowest BCUT2D eigenvalue weighted by Gasteiger charge is -2.39. The molecule has 1 aliphatic heterocycles. The van der Waals surface area contributed by atoms with Gasteiger partial charge in [0.15, 0.2) is 0 Å². The molecule has 5 rings (SSSR count). The van der Waals surface area contributed by atoms with Gasteiger partial charge in [0.1, 0.15) is 5.75 Å². The molecule has 0 saturated heterocycles. The topological polar surface area (TPSA) is 74.4 Å². The number of H-pyrrole nitrogens is 1. The van der Waals surface area contributed by atoms with Gasteiger partial charge in [-0.3, -0.25) is 9.59 Å². The number of nitrogens with zero attached hydrogens (tertiary/aromatic N) is 1. The van der Waals surface area contributed by atoms with E-state index in [0.717, 1.165) is 16.5 Å². The molecule has 1 aromatic heterocycles. The van der Waals surface area contributed by atoms with Crippen molar-refractivity contribution in [2.24, 2.45) is 0 Å². The molecule has 3 aromatic carbocycles. The molecule has 6 nitrogen and oxygen atoms in total. The van der Waals surface area contributed by atoms with Crippen LogP contribution in [0.3, 0.4) is 0 Å². The van der Waals surface area contributed by atoms with Gasteiger partial charge in [0, 0.05) is 41.0 Å². The second kappa shape index (κ2) is 8.30. The largest absolute Gasteiger partial charge is 0.495 e. The van der Waals surface area contributed by atoms with Crippen LogP contribution >= 0.6 is 11.6 Å². The number of methoxy groups -OCH3 is 1. The van der Waals surface area contributed by atoms with Gasteiger partial charge in [-0.05, 0) is 35.9 Å². The molecule has 0 bridgehead atoms. The molecule has 0 saturated carbocycles. The van der Waals surface area contributed by atoms with Crippen molar-refractivity contribution in [3.63, 3.8) is 0 Å². The number of likely N-dealkylation sites (N-methyl/N-ethyl adjacent to an activating group) is 1. The van der Waals surface area contributed by atoms with Gasteiger partial charge in [0.25, 0.3) is 5.91 Å². The number of hydrogen-bond acceptors (Lipinski definition) is 3. The monoisotopic (exact) mass is 459 g/mol. The quantitative estimate of drug-likeness (QED) is 0.430. The van der Waals surface area contributed by atoms with Gasteiger partial charge in [-0.1, -0.05) is 48.0 Å². The third kappa shape index (κ3) is 3.52. The summed E-state index contributed by atoms with van der Waals surface area (Å²) < 4.78 is 5.21. The van der Waals surface area contributed by atoms with Crippen LogP contribution in [0.4, 0.5) is 5.69 Å². The first-order chi connectivity index (χ1) is 16.0. The number of fused-ring (bicyclic) bond motifs is 2. The summed E-state index contributed by atoms with van der Waals surface area (Å²) in [5.41, 5.74) is 3.63. The Kier molecular flexibility index (Phi) is 5.30. The number of carbonyl (C=O) groups excluding carboxylic acids is 2. The first-order valence-corrected chi connectivity index (χ1v) is 10.9. The fraction of sp³-hybridized carbons (Fsp3) is 0.154. The molecule has 2 amide bonds. The summed E-state index contributed by atoms with van der Waals surface area (Å²) in [5.74, 6) is -0.431. The number of para-hydroxylation sites is 1. The molecule has 2 heterocycles. The zero-order valence-corrected chi connectivity index (χ0v) is 18.9. The van der Waals surface area contributed by atoms with E-state index in [9.17, 15) is 9.59 Å². The zero-order valence-electron chi connectivity index (χ0n) is 18.1. The molecule has 0 unspecified atom stereocenters. The van der Waals surface area contributed by atoms with E-state index in [-0.39, 0.29) is 11.8 Å². The van der Waals surface area contributed by atoms with E-state index in [1.54, 1.807) is 36.2 Å². The Morgan fingerprint density at radius 1 is 1.06 bits per heavy atom. The minimum Gasteiger partial charge on any atom is -0.495 e. The van der Waals surface area contributed by atoms with Crippen LogP contribution in [-0.2, 0) is 4.79 Å². The number of rotatable bonds is 4. The van der Waals surface area contributed by atoms with Crippen LogP contribution in [0.25, 0.3) is 10.9 Å². The van der Waals surface area contributed by atoms with Gasteiger partial charge >= 0.3 is 0 Å². The van der Waals surface area contributed by atoms with Crippen molar-refractivity contribution in [2.45, 2.75) is 12.0 Å². The molecule has 7 heteroatoms. The van der Waals surface area contributed by atoms with Crippen molar-refractivity contribution in [3.05, 3.63) is 94.6 Å². The second-order valence-corrected chi connectivity index (χ2v) is 8.46. The number of anilines is 1. The van der Waals surface area contributed by atoms with Gasteiger partial charge in [0.2, 0.25) is 5.91 Å². The standard InChI is InChI=1S/C26H22ClN3O3/c1-30-24(19-14-28-21-10-6-5-7-16(19)21)23(17-8-3-4-9-18(17)26(30)32)25(31)29-15-11-12-22(33-2)20(27)13-15/h3-14,23-24,28H,1-2H3,(H,29,31)/t23-,24+/m0/s1. The molecule has 4 aromatic rings. The van der Waals surface area contributed by atoms with Crippen LogP contribution < -0.4 is 10.1 Å². The molecule has 0 radical (unpaired) electrons. The Bertz CT molecular complexity index is 1380. The zero-order chi connectivity index (χ0) is 23.1. The summed E-state index contributed by atoms with van der Waals surface area (Å²) in [5, 5.41) is 4.37. The third-order valence-corrected chi connectivity index (χ3v) is 6.52. The Morgan fingerprint density at radius 3 is 2.61 bits per heavy atom. The van der Waals surface area contributed by atoms with E-state index in [4.69, 9.17) is 16.3 Å². The summed E-state index contributed by atoms with van der Waals surface area (Å²) in [6.07, 6.45) is 1.89. The lowest BCUT2D eigenvalue weighted by Crippen LogP contribution is -2.44. The predicted molar refractivity (Wildman–Crippen MR) is 129 cm³/mol. The molecule has 1 aliphatic rings. The normalized spacial score (nSPS) is 17.7. The van der Waals surface area contributed by atoms with Crippen molar-refractivity contribution < 1.29 is 14.3 Å². The van der Waals surface area contributed by atoms with Crippen molar-refractivity contribution in [1.29, 1.82) is 0 Å². The highest BCUT2D eigenvalue weighted by Gasteiger charge is 2.43. The minimum atomic E-state index is -0.621. The van der Waals surface area contributed by atoms with E-state index in [1.807, 2.05) is 48.7 Å². The van der Waals surface area contributed by atoms with Gasteiger partial charge in [-0.2, -0.15) is 0 Å². The van der Waals surface area contributed by atoms with Crippen LogP contribution in [0.15, 0.2) is 72.9 Å². The molecular weight excluding hydrogens is 438 g/mol. The summed E-state index contributed by atoms with van der Waals surface area (Å²) >= 11 is 6.26. The van der Waals surface area contributed by atoms with Crippen molar-refractivity contribution in [1.82, 2.24) is 9.88 Å². The fourth-order valence-electron chi connectivity index (χ4n) is 4.65. The van der Waals surface area contributed by atoms with Gasteiger partial charge in [0.05, 0.1) is 24.1 Å². The van der Waals surface area contributed by atoms with E-state index in [2.05, 4.69) is 10.3 Å². The SMILES string of the molecule is COc1ccc(NC(=O)[C@H]2c3ccccc3C(=O)N(C)[C@@H]2c2c[nH]c3ccccc23)cc1Cl. The maximum atomic E-state index is 13.8. The van der Waals surface area contributed by atoms with Crippen molar-refractivity contribution in [2.75, 3.05) is 19.5 Å². The Morgan fingerprint density at radius 2 is 1.82 bits per heavy atom. The van der Waals surface area contributed by atoms with Crippen LogP contribution in [0, 0.1) is 0 Å². The maximum Gasteiger partial charge on any atom is 0.254 e. The average Bonchev–Trinajstić information content (AvgIpc) is 3.25. The molecule has 2 N–H and O–H groups in total. The molecule has 2 atom stereocenters. The summed E-state index contributed by atoms with van der Waals surface area (Å²) in [7, 11) is 3.28. The Labute approximate surface area is 196 Å². The van der Waals surface area contributed by atoms with E-state index in [0.29, 0.717) is 27.6 Å². The number of benzene rings is 3. The lowest BCUT2D eigenvalue weighted by atomic mass is 9.79. The highest BCUT2D eigenvalue weighted by Crippen LogP contribution is 2.44. The predicted octanol–water partition coefficient (Wildman–Crippen LogP) is 5.38. The van der Waals surface area contributed by atoms with Crippen molar-refractivity contribution >= 4 is 40.0 Å². The maximum absolute atomic E-state index is 13.8. The third-order valence-electron chi connectivity index (χ3n) is 6.22. The molecule has 166 valence electrons. The first kappa shape index (κ1) is 21.1. The first-order valence-electron chi connectivity index (χ1n) is 10.6. The van der Waals surface area contributed by atoms with Crippen LogP contribution in [0.2, 0.25) is 5.02 Å².